The third-order valence-electron chi connectivity index (χ3n) is 8.85. The Labute approximate surface area is 142 Å². The van der Waals surface area contributed by atoms with Crippen molar-refractivity contribution in [2.75, 3.05) is 0 Å². The van der Waals surface area contributed by atoms with Gasteiger partial charge in [0.1, 0.15) is 0 Å². The van der Waals surface area contributed by atoms with Crippen LogP contribution in [0.2, 0.25) is 0 Å². The summed E-state index contributed by atoms with van der Waals surface area (Å²) >= 11 is 0. The third kappa shape index (κ3) is 1.84. The molecular formula is C22H35N. The monoisotopic (exact) mass is 313 g/mol. The summed E-state index contributed by atoms with van der Waals surface area (Å²) in [7, 11) is 0. The van der Waals surface area contributed by atoms with Crippen LogP contribution in [0.15, 0.2) is 24.3 Å². The summed E-state index contributed by atoms with van der Waals surface area (Å²) in [4.78, 5) is 0. The van der Waals surface area contributed by atoms with Crippen molar-refractivity contribution in [1.82, 2.24) is 0 Å². The lowest BCUT2D eigenvalue weighted by Gasteiger charge is -2.53. The van der Waals surface area contributed by atoms with Crippen LogP contribution in [0.5, 0.6) is 0 Å². The van der Waals surface area contributed by atoms with Crippen molar-refractivity contribution in [3.05, 3.63) is 24.3 Å². The van der Waals surface area contributed by atoms with Crippen LogP contribution in [0.3, 0.4) is 0 Å². The fourth-order valence-electron chi connectivity index (χ4n) is 7.92. The number of hydrogen-bond donors (Lipinski definition) is 1. The first-order chi connectivity index (χ1) is 11.0. The van der Waals surface area contributed by atoms with E-state index in [1.165, 1.54) is 44.9 Å². The van der Waals surface area contributed by atoms with Gasteiger partial charge in [0, 0.05) is 6.04 Å². The third-order valence-corrected chi connectivity index (χ3v) is 8.85. The SMILES string of the molecule is C=C/C=C1/CC(C)C2C(CCC34C2CCC3(C)C4N)C1CCC. The number of hydrogen-bond acceptors (Lipinski definition) is 1. The van der Waals surface area contributed by atoms with Gasteiger partial charge in [-0.05, 0) is 78.9 Å². The van der Waals surface area contributed by atoms with Gasteiger partial charge in [-0.2, -0.15) is 0 Å². The fourth-order valence-corrected chi connectivity index (χ4v) is 7.92. The van der Waals surface area contributed by atoms with Crippen molar-refractivity contribution in [2.24, 2.45) is 46.2 Å². The van der Waals surface area contributed by atoms with Gasteiger partial charge >= 0.3 is 0 Å². The second kappa shape index (κ2) is 5.22. The molecule has 0 aromatic heterocycles. The molecule has 0 bridgehead atoms. The van der Waals surface area contributed by atoms with Crippen LogP contribution in [-0.2, 0) is 0 Å². The molecule has 0 aliphatic heterocycles. The largest absolute Gasteiger partial charge is 0.327 e. The topological polar surface area (TPSA) is 26.0 Å². The lowest BCUT2D eigenvalue weighted by atomic mass is 9.52. The molecule has 1 spiro atoms. The Morgan fingerprint density at radius 3 is 2.74 bits per heavy atom. The fraction of sp³-hybridized carbons (Fsp3) is 0.818. The Kier molecular flexibility index (Phi) is 3.61. The first-order valence-electron chi connectivity index (χ1n) is 10.1. The van der Waals surface area contributed by atoms with E-state index in [0.29, 0.717) is 16.9 Å². The number of allylic oxidation sites excluding steroid dienone is 3. The Balaban J connectivity index is 1.67. The Morgan fingerprint density at radius 1 is 1.30 bits per heavy atom. The molecule has 0 radical (unpaired) electrons. The van der Waals surface area contributed by atoms with Crippen molar-refractivity contribution in [1.29, 1.82) is 0 Å². The normalized spacial score (nSPS) is 55.9. The van der Waals surface area contributed by atoms with Gasteiger partial charge in [-0.3, -0.25) is 0 Å². The summed E-state index contributed by atoms with van der Waals surface area (Å²) in [6.07, 6.45) is 14.0. The molecule has 128 valence electrons. The Morgan fingerprint density at radius 2 is 2.09 bits per heavy atom. The van der Waals surface area contributed by atoms with E-state index < -0.39 is 0 Å². The van der Waals surface area contributed by atoms with Gasteiger partial charge in [0.2, 0.25) is 0 Å². The molecule has 23 heavy (non-hydrogen) atoms. The first-order valence-corrected chi connectivity index (χ1v) is 10.1. The zero-order chi connectivity index (χ0) is 16.4. The molecule has 0 aromatic rings. The van der Waals surface area contributed by atoms with E-state index >= 15 is 0 Å². The van der Waals surface area contributed by atoms with E-state index in [2.05, 4.69) is 33.4 Å². The van der Waals surface area contributed by atoms with Crippen molar-refractivity contribution in [3.63, 3.8) is 0 Å². The molecule has 8 unspecified atom stereocenters. The van der Waals surface area contributed by atoms with Crippen LogP contribution in [0, 0.1) is 40.4 Å². The molecular weight excluding hydrogens is 278 g/mol. The molecule has 8 atom stereocenters. The van der Waals surface area contributed by atoms with Crippen LogP contribution in [0.25, 0.3) is 0 Å². The van der Waals surface area contributed by atoms with Gasteiger partial charge < -0.3 is 5.73 Å². The quantitative estimate of drug-likeness (QED) is 0.749. The number of nitrogens with two attached hydrogens (primary N) is 1. The molecule has 0 saturated heterocycles. The highest BCUT2D eigenvalue weighted by atomic mass is 15.0. The molecule has 4 fully saturated rings. The van der Waals surface area contributed by atoms with Crippen LogP contribution in [-0.4, -0.2) is 6.04 Å². The molecule has 0 heterocycles. The summed E-state index contributed by atoms with van der Waals surface area (Å²) in [5, 5.41) is 0. The summed E-state index contributed by atoms with van der Waals surface area (Å²) in [5.41, 5.74) is 9.38. The molecule has 4 rings (SSSR count). The van der Waals surface area contributed by atoms with Gasteiger partial charge in [0.25, 0.3) is 0 Å². The zero-order valence-corrected chi connectivity index (χ0v) is 15.4. The molecule has 1 nitrogen and oxygen atoms in total. The Hall–Kier alpha value is -0.560. The van der Waals surface area contributed by atoms with Crippen molar-refractivity contribution in [3.8, 4) is 0 Å². The van der Waals surface area contributed by atoms with E-state index in [1.54, 1.807) is 5.57 Å². The summed E-state index contributed by atoms with van der Waals surface area (Å²) in [5.74, 6) is 4.41. The van der Waals surface area contributed by atoms with E-state index in [4.69, 9.17) is 5.73 Å². The van der Waals surface area contributed by atoms with Gasteiger partial charge in [-0.15, -0.1) is 0 Å². The molecule has 2 N–H and O–H groups in total. The lowest BCUT2D eigenvalue weighted by Crippen LogP contribution is -2.46. The van der Waals surface area contributed by atoms with E-state index in [9.17, 15) is 0 Å². The predicted octanol–water partition coefficient (Wildman–Crippen LogP) is 5.32. The van der Waals surface area contributed by atoms with Crippen LogP contribution in [0.4, 0.5) is 0 Å². The van der Waals surface area contributed by atoms with Crippen LogP contribution in [0.1, 0.15) is 65.7 Å². The highest BCUT2D eigenvalue weighted by molar-refractivity contribution is 5.32. The average molecular weight is 314 g/mol. The second-order valence-electron chi connectivity index (χ2n) is 9.41. The van der Waals surface area contributed by atoms with E-state index in [-0.39, 0.29) is 0 Å². The van der Waals surface area contributed by atoms with E-state index in [1.807, 2.05) is 6.08 Å². The summed E-state index contributed by atoms with van der Waals surface area (Å²) in [6, 6.07) is 0.497. The maximum atomic E-state index is 6.66. The first kappa shape index (κ1) is 15.9. The van der Waals surface area contributed by atoms with Crippen molar-refractivity contribution >= 4 is 0 Å². The summed E-state index contributed by atoms with van der Waals surface area (Å²) < 4.78 is 0. The minimum Gasteiger partial charge on any atom is -0.327 e. The Bertz CT molecular complexity index is 534. The maximum absolute atomic E-state index is 6.66. The zero-order valence-electron chi connectivity index (χ0n) is 15.4. The van der Waals surface area contributed by atoms with Crippen molar-refractivity contribution < 1.29 is 0 Å². The second-order valence-corrected chi connectivity index (χ2v) is 9.41. The van der Waals surface area contributed by atoms with Crippen LogP contribution < -0.4 is 5.73 Å². The minimum atomic E-state index is 0.486. The van der Waals surface area contributed by atoms with Gasteiger partial charge in [0.15, 0.2) is 0 Å². The molecule has 0 aromatic carbocycles. The molecule has 4 aliphatic carbocycles. The maximum Gasteiger partial charge on any atom is 0.0164 e. The van der Waals surface area contributed by atoms with E-state index in [0.717, 1.165) is 29.6 Å². The highest BCUT2D eigenvalue weighted by Gasteiger charge is 2.79. The summed E-state index contributed by atoms with van der Waals surface area (Å²) in [6.45, 7) is 11.4. The van der Waals surface area contributed by atoms with Crippen LogP contribution >= 0.6 is 0 Å². The predicted molar refractivity (Wildman–Crippen MR) is 97.9 cm³/mol. The molecule has 4 saturated carbocycles. The lowest BCUT2D eigenvalue weighted by molar-refractivity contribution is -0.00774. The molecule has 0 amide bonds. The smallest absolute Gasteiger partial charge is 0.0164 e. The van der Waals surface area contributed by atoms with Gasteiger partial charge in [0.05, 0.1) is 0 Å². The number of fused-ring (bicyclic) bond motifs is 2. The standard InChI is InChI=1S/C22H35N/c1-5-7-15-13-14(3)19-17(16(15)8-6-2)9-12-22-18(19)10-11-21(22,4)20(22)23/h5,7,14,16-20H,1,6,8-13,23H2,2-4H3/b15-7-. The minimum absolute atomic E-state index is 0.486. The molecule has 1 heteroatoms. The number of rotatable bonds is 3. The van der Waals surface area contributed by atoms with Gasteiger partial charge in [-0.1, -0.05) is 51.5 Å². The average Bonchev–Trinajstić information content (AvgIpc) is 2.84. The molecule has 4 aliphatic rings. The van der Waals surface area contributed by atoms with Crippen molar-refractivity contribution in [2.45, 2.75) is 71.8 Å². The van der Waals surface area contributed by atoms with Gasteiger partial charge in [-0.25, -0.2) is 0 Å². The highest BCUT2D eigenvalue weighted by Crippen LogP contribution is 2.81.